The van der Waals surface area contributed by atoms with Gasteiger partial charge in [0.05, 0.1) is 6.54 Å². The van der Waals surface area contributed by atoms with Crippen LogP contribution in [0.25, 0.3) is 0 Å². The summed E-state index contributed by atoms with van der Waals surface area (Å²) in [6.45, 7) is 9.16. The van der Waals surface area contributed by atoms with Crippen LogP contribution in [0.3, 0.4) is 0 Å². The van der Waals surface area contributed by atoms with E-state index in [4.69, 9.17) is 0 Å². The van der Waals surface area contributed by atoms with E-state index in [2.05, 4.69) is 31.2 Å². The van der Waals surface area contributed by atoms with Crippen molar-refractivity contribution in [1.29, 1.82) is 0 Å². The summed E-state index contributed by atoms with van der Waals surface area (Å²) in [5, 5.41) is 7.90. The van der Waals surface area contributed by atoms with Crippen LogP contribution in [0, 0.1) is 11.3 Å². The van der Waals surface area contributed by atoms with E-state index >= 15 is 0 Å². The normalized spacial score (nSPS) is 28.2. The average molecular weight is 235 g/mol. The summed E-state index contributed by atoms with van der Waals surface area (Å²) in [6, 6.07) is 2.67. The van der Waals surface area contributed by atoms with Gasteiger partial charge in [0.15, 0.2) is 0 Å². The molecule has 0 spiro atoms. The zero-order valence-corrected chi connectivity index (χ0v) is 11.3. The highest BCUT2D eigenvalue weighted by atomic mass is 15.3. The third kappa shape index (κ3) is 3.56. The first-order valence-electron chi connectivity index (χ1n) is 6.78. The standard InChI is InChI=1S/C14H25N3/c1-12-11-14(2,3)6-5-13(12)15-8-10-17-9-4-7-16-17/h4,7,9,12-13,15H,5-6,8,10-11H2,1-3H3. The SMILES string of the molecule is CC1CC(C)(C)CCC1NCCn1cccn1. The molecule has 96 valence electrons. The van der Waals surface area contributed by atoms with Gasteiger partial charge in [-0.1, -0.05) is 20.8 Å². The highest BCUT2D eigenvalue weighted by Crippen LogP contribution is 2.38. The Labute approximate surface area is 105 Å². The van der Waals surface area contributed by atoms with E-state index in [-0.39, 0.29) is 0 Å². The van der Waals surface area contributed by atoms with Crippen molar-refractivity contribution >= 4 is 0 Å². The Balaban J connectivity index is 1.73. The highest BCUT2D eigenvalue weighted by molar-refractivity contribution is 4.87. The summed E-state index contributed by atoms with van der Waals surface area (Å²) in [5.74, 6) is 0.788. The van der Waals surface area contributed by atoms with E-state index in [9.17, 15) is 0 Å². The van der Waals surface area contributed by atoms with Gasteiger partial charge in [0.25, 0.3) is 0 Å². The van der Waals surface area contributed by atoms with Crippen LogP contribution in [0.1, 0.15) is 40.0 Å². The Bertz CT molecular complexity index is 329. The molecule has 0 bridgehead atoms. The maximum absolute atomic E-state index is 4.22. The molecule has 3 nitrogen and oxygen atoms in total. The molecule has 0 amide bonds. The zero-order valence-electron chi connectivity index (χ0n) is 11.3. The molecule has 1 saturated carbocycles. The number of hydrogen-bond acceptors (Lipinski definition) is 2. The number of nitrogens with zero attached hydrogens (tertiary/aromatic N) is 2. The van der Waals surface area contributed by atoms with E-state index in [1.807, 2.05) is 23.1 Å². The summed E-state index contributed by atoms with van der Waals surface area (Å²) >= 11 is 0. The monoisotopic (exact) mass is 235 g/mol. The lowest BCUT2D eigenvalue weighted by atomic mass is 9.70. The Morgan fingerprint density at radius 3 is 2.94 bits per heavy atom. The first-order valence-corrected chi connectivity index (χ1v) is 6.78. The summed E-state index contributed by atoms with van der Waals surface area (Å²) < 4.78 is 1.99. The van der Waals surface area contributed by atoms with Crippen molar-refractivity contribution in [2.75, 3.05) is 6.54 Å². The van der Waals surface area contributed by atoms with Gasteiger partial charge in [-0.3, -0.25) is 4.68 Å². The molecule has 1 N–H and O–H groups in total. The number of rotatable bonds is 4. The number of nitrogens with one attached hydrogen (secondary N) is 1. The Kier molecular flexibility index (Phi) is 3.87. The average Bonchev–Trinajstić information content (AvgIpc) is 2.73. The summed E-state index contributed by atoms with van der Waals surface area (Å²) in [4.78, 5) is 0. The molecule has 1 fully saturated rings. The van der Waals surface area contributed by atoms with Crippen molar-refractivity contribution in [1.82, 2.24) is 15.1 Å². The van der Waals surface area contributed by atoms with Crippen LogP contribution in [-0.4, -0.2) is 22.4 Å². The minimum atomic E-state index is 0.541. The van der Waals surface area contributed by atoms with Crippen LogP contribution in [0.4, 0.5) is 0 Å². The molecule has 2 rings (SSSR count). The first kappa shape index (κ1) is 12.6. The second kappa shape index (κ2) is 5.21. The fourth-order valence-electron chi connectivity index (χ4n) is 3.05. The molecule has 0 radical (unpaired) electrons. The molecular formula is C14H25N3. The molecular weight excluding hydrogens is 210 g/mol. The van der Waals surface area contributed by atoms with Gasteiger partial charge in [-0.05, 0) is 36.7 Å². The lowest BCUT2D eigenvalue weighted by Gasteiger charge is -2.39. The lowest BCUT2D eigenvalue weighted by Crippen LogP contribution is -2.42. The molecule has 0 aromatic carbocycles. The maximum atomic E-state index is 4.22. The van der Waals surface area contributed by atoms with Crippen molar-refractivity contribution in [3.63, 3.8) is 0 Å². The fraction of sp³-hybridized carbons (Fsp3) is 0.786. The van der Waals surface area contributed by atoms with Crippen LogP contribution in [0.15, 0.2) is 18.5 Å². The van der Waals surface area contributed by atoms with Crippen molar-refractivity contribution in [2.45, 2.75) is 52.6 Å². The number of aromatic nitrogens is 2. The van der Waals surface area contributed by atoms with E-state index in [0.29, 0.717) is 11.5 Å². The predicted octanol–water partition coefficient (Wildman–Crippen LogP) is 2.69. The summed E-state index contributed by atoms with van der Waals surface area (Å²) in [6.07, 6.45) is 7.86. The van der Waals surface area contributed by atoms with Crippen molar-refractivity contribution < 1.29 is 0 Å². The van der Waals surface area contributed by atoms with Gasteiger partial charge in [0.2, 0.25) is 0 Å². The van der Waals surface area contributed by atoms with Crippen LogP contribution < -0.4 is 5.32 Å². The van der Waals surface area contributed by atoms with Crippen molar-refractivity contribution in [3.05, 3.63) is 18.5 Å². The minimum Gasteiger partial charge on any atom is -0.312 e. The largest absolute Gasteiger partial charge is 0.312 e. The van der Waals surface area contributed by atoms with Gasteiger partial charge in [-0.15, -0.1) is 0 Å². The Hall–Kier alpha value is -0.830. The third-order valence-corrected chi connectivity index (χ3v) is 4.00. The van der Waals surface area contributed by atoms with Gasteiger partial charge in [0.1, 0.15) is 0 Å². The van der Waals surface area contributed by atoms with Gasteiger partial charge in [-0.2, -0.15) is 5.10 Å². The van der Waals surface area contributed by atoms with Crippen LogP contribution in [-0.2, 0) is 6.54 Å². The van der Waals surface area contributed by atoms with E-state index in [0.717, 1.165) is 19.0 Å². The van der Waals surface area contributed by atoms with Crippen LogP contribution in [0.2, 0.25) is 0 Å². The molecule has 1 heterocycles. The molecule has 1 aromatic heterocycles. The van der Waals surface area contributed by atoms with Crippen LogP contribution >= 0.6 is 0 Å². The maximum Gasteiger partial charge on any atom is 0.0534 e. The molecule has 0 saturated heterocycles. The van der Waals surface area contributed by atoms with E-state index < -0.39 is 0 Å². The minimum absolute atomic E-state index is 0.541. The first-order chi connectivity index (χ1) is 8.07. The number of hydrogen-bond donors (Lipinski definition) is 1. The topological polar surface area (TPSA) is 29.9 Å². The van der Waals surface area contributed by atoms with Gasteiger partial charge in [-0.25, -0.2) is 0 Å². The van der Waals surface area contributed by atoms with Gasteiger partial charge < -0.3 is 5.32 Å². The van der Waals surface area contributed by atoms with Crippen LogP contribution in [0.5, 0.6) is 0 Å². The summed E-state index contributed by atoms with van der Waals surface area (Å²) in [5.41, 5.74) is 0.541. The molecule has 2 atom stereocenters. The summed E-state index contributed by atoms with van der Waals surface area (Å²) in [7, 11) is 0. The second-order valence-electron chi connectivity index (χ2n) is 6.21. The second-order valence-corrected chi connectivity index (χ2v) is 6.21. The van der Waals surface area contributed by atoms with E-state index in [1.165, 1.54) is 19.3 Å². The quantitative estimate of drug-likeness (QED) is 0.869. The Morgan fingerprint density at radius 1 is 1.47 bits per heavy atom. The zero-order chi connectivity index (χ0) is 12.3. The van der Waals surface area contributed by atoms with Crippen molar-refractivity contribution in [3.8, 4) is 0 Å². The van der Waals surface area contributed by atoms with Gasteiger partial charge in [0, 0.05) is 25.0 Å². The third-order valence-electron chi connectivity index (χ3n) is 4.00. The van der Waals surface area contributed by atoms with Gasteiger partial charge >= 0.3 is 0 Å². The highest BCUT2D eigenvalue weighted by Gasteiger charge is 2.31. The fourth-order valence-corrected chi connectivity index (χ4v) is 3.05. The molecule has 1 aliphatic rings. The molecule has 17 heavy (non-hydrogen) atoms. The molecule has 2 unspecified atom stereocenters. The molecule has 3 heteroatoms. The smallest absolute Gasteiger partial charge is 0.0534 e. The van der Waals surface area contributed by atoms with E-state index in [1.54, 1.807) is 0 Å². The molecule has 1 aliphatic carbocycles. The van der Waals surface area contributed by atoms with Crippen molar-refractivity contribution in [2.24, 2.45) is 11.3 Å². The predicted molar refractivity (Wildman–Crippen MR) is 70.8 cm³/mol. The Morgan fingerprint density at radius 2 is 2.29 bits per heavy atom. The molecule has 1 aromatic rings. The lowest BCUT2D eigenvalue weighted by molar-refractivity contribution is 0.148. The molecule has 0 aliphatic heterocycles.